The second-order valence-corrected chi connectivity index (χ2v) is 7.08. The Labute approximate surface area is 119 Å². The number of halogens is 1. The van der Waals surface area contributed by atoms with E-state index in [1.54, 1.807) is 18.2 Å². The molecular formula is C13H17ClN2O2S. The first-order chi connectivity index (χ1) is 8.75. The molecule has 0 fully saturated rings. The normalized spacial score (nSPS) is 16.7. The minimum Gasteiger partial charge on any atom is -0.351 e. The monoisotopic (exact) mass is 300 g/mol. The molecule has 1 aromatic rings. The van der Waals surface area contributed by atoms with Gasteiger partial charge in [0, 0.05) is 12.1 Å². The van der Waals surface area contributed by atoms with Crippen molar-refractivity contribution in [2.45, 2.75) is 44.7 Å². The van der Waals surface area contributed by atoms with Crippen LogP contribution in [-0.4, -0.2) is 31.2 Å². The highest BCUT2D eigenvalue weighted by atomic mass is 35.5. The van der Waals surface area contributed by atoms with Gasteiger partial charge < -0.3 is 4.90 Å². The lowest BCUT2D eigenvalue weighted by Crippen LogP contribution is -2.42. The lowest BCUT2D eigenvalue weighted by Gasteiger charge is -2.32. The molecule has 0 amide bonds. The van der Waals surface area contributed by atoms with Gasteiger partial charge in [-0.25, -0.2) is 0 Å². The molecule has 1 aliphatic heterocycles. The van der Waals surface area contributed by atoms with Crippen molar-refractivity contribution in [2.75, 3.05) is 0 Å². The van der Waals surface area contributed by atoms with Crippen molar-refractivity contribution in [3.63, 3.8) is 0 Å². The quantitative estimate of drug-likeness (QED) is 0.844. The van der Waals surface area contributed by atoms with Crippen LogP contribution in [0.3, 0.4) is 0 Å². The summed E-state index contributed by atoms with van der Waals surface area (Å²) in [6, 6.07) is 5.14. The first-order valence-electron chi connectivity index (χ1n) is 6.18. The third-order valence-electron chi connectivity index (χ3n) is 3.04. The van der Waals surface area contributed by atoms with Crippen LogP contribution in [0.25, 0.3) is 0 Å². The molecule has 0 radical (unpaired) electrons. The summed E-state index contributed by atoms with van der Waals surface area (Å²) < 4.78 is 28.1. The van der Waals surface area contributed by atoms with E-state index < -0.39 is 10.0 Å². The zero-order chi connectivity index (χ0) is 14.4. The van der Waals surface area contributed by atoms with Gasteiger partial charge in [0.05, 0.1) is 10.6 Å². The summed E-state index contributed by atoms with van der Waals surface area (Å²) in [4.78, 5) is 2.16. The van der Waals surface area contributed by atoms with Gasteiger partial charge in [-0.3, -0.25) is 0 Å². The molecule has 0 aliphatic carbocycles. The second kappa shape index (κ2) is 4.80. The van der Waals surface area contributed by atoms with Crippen LogP contribution in [0.5, 0.6) is 0 Å². The molecule has 0 N–H and O–H groups in total. The molecule has 0 saturated carbocycles. The Hall–Kier alpha value is -1.07. The summed E-state index contributed by atoms with van der Waals surface area (Å²) in [5.74, 6) is 0.450. The Morgan fingerprint density at radius 1 is 1.16 bits per heavy atom. The zero-order valence-electron chi connectivity index (χ0n) is 11.4. The number of hydrogen-bond acceptors (Lipinski definition) is 3. The van der Waals surface area contributed by atoms with E-state index >= 15 is 0 Å². The van der Waals surface area contributed by atoms with E-state index in [1.807, 2.05) is 32.6 Å². The van der Waals surface area contributed by atoms with Crippen LogP contribution in [0.15, 0.2) is 27.5 Å². The van der Waals surface area contributed by atoms with Crippen molar-refractivity contribution in [1.82, 2.24) is 4.90 Å². The molecule has 1 aliphatic rings. The smallest absolute Gasteiger partial charge is 0.285 e. The van der Waals surface area contributed by atoms with Crippen LogP contribution in [0.1, 0.15) is 33.3 Å². The first kappa shape index (κ1) is 14.3. The summed E-state index contributed by atoms with van der Waals surface area (Å²) >= 11 is 6.17. The number of nitrogens with zero attached hydrogens (tertiary/aromatic N) is 2. The summed E-state index contributed by atoms with van der Waals surface area (Å²) in [7, 11) is -3.63. The minimum atomic E-state index is -3.63. The van der Waals surface area contributed by atoms with Crippen molar-refractivity contribution >= 4 is 27.5 Å². The van der Waals surface area contributed by atoms with Crippen molar-refractivity contribution < 1.29 is 8.42 Å². The van der Waals surface area contributed by atoms with Crippen LogP contribution in [0.2, 0.25) is 5.02 Å². The zero-order valence-corrected chi connectivity index (χ0v) is 13.0. The average Bonchev–Trinajstić information content (AvgIpc) is 2.51. The number of benzene rings is 1. The van der Waals surface area contributed by atoms with Crippen molar-refractivity contribution in [3.8, 4) is 0 Å². The standard InChI is InChI=1S/C13H17ClN2O2S/c1-8(2)16(9(3)4)13-12-10(14)6-5-7-11(12)19(17,18)15-13/h5-9H,1-4H3. The predicted octanol–water partition coefficient (Wildman–Crippen LogP) is 2.91. The van der Waals surface area contributed by atoms with E-state index in [9.17, 15) is 8.42 Å². The fourth-order valence-corrected chi connectivity index (χ4v) is 3.94. The largest absolute Gasteiger partial charge is 0.351 e. The second-order valence-electron chi connectivity index (χ2n) is 5.10. The molecule has 0 bridgehead atoms. The molecule has 0 unspecified atom stereocenters. The van der Waals surface area contributed by atoms with E-state index in [-0.39, 0.29) is 17.0 Å². The van der Waals surface area contributed by atoms with Crippen molar-refractivity contribution in [2.24, 2.45) is 4.40 Å². The molecule has 4 nitrogen and oxygen atoms in total. The third-order valence-corrected chi connectivity index (χ3v) is 4.67. The molecule has 2 rings (SSSR count). The van der Waals surface area contributed by atoms with Gasteiger partial charge in [0.15, 0.2) is 5.84 Å². The Balaban J connectivity index is 2.69. The van der Waals surface area contributed by atoms with Gasteiger partial charge in [-0.1, -0.05) is 17.7 Å². The highest BCUT2D eigenvalue weighted by molar-refractivity contribution is 7.90. The van der Waals surface area contributed by atoms with Gasteiger partial charge in [0.2, 0.25) is 0 Å². The Morgan fingerprint density at radius 3 is 2.26 bits per heavy atom. The lowest BCUT2D eigenvalue weighted by atomic mass is 10.1. The van der Waals surface area contributed by atoms with Crippen LogP contribution in [0, 0.1) is 0 Å². The first-order valence-corrected chi connectivity index (χ1v) is 7.99. The molecule has 0 atom stereocenters. The topological polar surface area (TPSA) is 49.7 Å². The average molecular weight is 301 g/mol. The summed E-state index contributed by atoms with van der Waals surface area (Å²) in [6.45, 7) is 8.02. The van der Waals surface area contributed by atoms with E-state index in [0.29, 0.717) is 16.4 Å². The van der Waals surface area contributed by atoms with E-state index in [1.165, 1.54) is 0 Å². The van der Waals surface area contributed by atoms with Crippen LogP contribution in [-0.2, 0) is 10.0 Å². The lowest BCUT2D eigenvalue weighted by molar-refractivity contribution is 0.293. The molecule has 0 saturated heterocycles. The molecular weight excluding hydrogens is 284 g/mol. The number of rotatable bonds is 2. The summed E-state index contributed by atoms with van der Waals surface area (Å²) in [6.07, 6.45) is 0. The van der Waals surface area contributed by atoms with Crippen LogP contribution in [0.4, 0.5) is 0 Å². The molecule has 1 aromatic carbocycles. The maximum Gasteiger partial charge on any atom is 0.285 e. The Bertz CT molecular complexity index is 628. The van der Waals surface area contributed by atoms with Crippen molar-refractivity contribution in [3.05, 3.63) is 28.8 Å². The number of amidine groups is 1. The predicted molar refractivity (Wildman–Crippen MR) is 77.3 cm³/mol. The van der Waals surface area contributed by atoms with Gasteiger partial charge in [0.25, 0.3) is 10.0 Å². The SMILES string of the molecule is CC(C)N(C1=NS(=O)(=O)c2cccc(Cl)c21)C(C)C. The summed E-state index contributed by atoms with van der Waals surface area (Å²) in [5.41, 5.74) is 0.520. The molecule has 0 spiro atoms. The van der Waals surface area contributed by atoms with Crippen LogP contribution >= 0.6 is 11.6 Å². The molecule has 6 heteroatoms. The molecule has 104 valence electrons. The number of hydrogen-bond donors (Lipinski definition) is 0. The Kier molecular flexibility index (Phi) is 3.62. The minimum absolute atomic E-state index is 0.135. The molecule has 19 heavy (non-hydrogen) atoms. The maximum atomic E-state index is 12.1. The number of sulfonamides is 1. The van der Waals surface area contributed by atoms with Crippen molar-refractivity contribution in [1.29, 1.82) is 0 Å². The highest BCUT2D eigenvalue weighted by Crippen LogP contribution is 2.34. The maximum absolute atomic E-state index is 12.1. The van der Waals surface area contributed by atoms with E-state index in [0.717, 1.165) is 0 Å². The van der Waals surface area contributed by atoms with Gasteiger partial charge >= 0.3 is 0 Å². The molecule has 1 heterocycles. The van der Waals surface area contributed by atoms with Gasteiger partial charge in [-0.15, -0.1) is 4.40 Å². The van der Waals surface area contributed by atoms with Gasteiger partial charge in [0.1, 0.15) is 4.90 Å². The Morgan fingerprint density at radius 2 is 1.74 bits per heavy atom. The van der Waals surface area contributed by atoms with Gasteiger partial charge in [-0.05, 0) is 39.8 Å². The van der Waals surface area contributed by atoms with Crippen LogP contribution < -0.4 is 0 Å². The third kappa shape index (κ3) is 2.37. The molecule has 0 aromatic heterocycles. The summed E-state index contributed by atoms with van der Waals surface area (Å²) in [5, 5.41) is 0.420. The fourth-order valence-electron chi connectivity index (χ4n) is 2.41. The van der Waals surface area contributed by atoms with E-state index in [2.05, 4.69) is 4.40 Å². The van der Waals surface area contributed by atoms with E-state index in [4.69, 9.17) is 11.6 Å². The van der Waals surface area contributed by atoms with Gasteiger partial charge in [-0.2, -0.15) is 8.42 Å². The fraction of sp³-hybridized carbons (Fsp3) is 0.462. The highest BCUT2D eigenvalue weighted by Gasteiger charge is 2.35. The number of fused-ring (bicyclic) bond motifs is 1.